The molecular formula is C19H32N2. The van der Waals surface area contributed by atoms with E-state index in [9.17, 15) is 0 Å². The van der Waals surface area contributed by atoms with Gasteiger partial charge in [-0.15, -0.1) is 0 Å². The van der Waals surface area contributed by atoms with Gasteiger partial charge in [-0.25, -0.2) is 0 Å². The molecule has 1 fully saturated rings. The molecule has 0 aromatic heterocycles. The zero-order valence-corrected chi connectivity index (χ0v) is 14.3. The Hall–Kier alpha value is -0.860. The van der Waals surface area contributed by atoms with Gasteiger partial charge in [0.2, 0.25) is 0 Å². The summed E-state index contributed by atoms with van der Waals surface area (Å²) in [5.74, 6) is 1.59. The number of likely N-dealkylation sites (N-methyl/N-ethyl adjacent to an activating group) is 1. The fourth-order valence-electron chi connectivity index (χ4n) is 4.10. The highest BCUT2D eigenvalue weighted by Crippen LogP contribution is 2.33. The molecule has 0 aliphatic carbocycles. The Kier molecular flexibility index (Phi) is 5.83. The second-order valence-corrected chi connectivity index (χ2v) is 6.91. The van der Waals surface area contributed by atoms with Crippen molar-refractivity contribution in [1.82, 2.24) is 10.2 Å². The van der Waals surface area contributed by atoms with Crippen LogP contribution in [0.5, 0.6) is 0 Å². The van der Waals surface area contributed by atoms with E-state index >= 15 is 0 Å². The van der Waals surface area contributed by atoms with E-state index in [-0.39, 0.29) is 0 Å². The van der Waals surface area contributed by atoms with Gasteiger partial charge in [0.1, 0.15) is 0 Å². The summed E-state index contributed by atoms with van der Waals surface area (Å²) in [5, 5.41) is 3.58. The molecule has 1 heterocycles. The van der Waals surface area contributed by atoms with Gasteiger partial charge in [0.05, 0.1) is 0 Å². The van der Waals surface area contributed by atoms with Crippen LogP contribution >= 0.6 is 0 Å². The van der Waals surface area contributed by atoms with Gasteiger partial charge in [-0.3, -0.25) is 4.90 Å². The summed E-state index contributed by atoms with van der Waals surface area (Å²) in [6, 6.07) is 12.6. The van der Waals surface area contributed by atoms with Crippen LogP contribution in [0.2, 0.25) is 0 Å². The molecule has 5 atom stereocenters. The standard InChI is InChI=1S/C19H32N2/c1-6-18(19(20-5)17-10-8-7-9-11-17)21-13-14(2)12-15(3)16(21)4/h7-11,14-16,18-20H,6,12-13H2,1-5H3. The minimum atomic E-state index is 0.413. The maximum absolute atomic E-state index is 3.58. The Balaban J connectivity index is 2.24. The van der Waals surface area contributed by atoms with Crippen molar-refractivity contribution >= 4 is 0 Å². The topological polar surface area (TPSA) is 15.3 Å². The van der Waals surface area contributed by atoms with Crippen molar-refractivity contribution in [2.24, 2.45) is 11.8 Å². The lowest BCUT2D eigenvalue weighted by molar-refractivity contribution is 0.0238. The molecule has 1 aliphatic rings. The molecule has 2 nitrogen and oxygen atoms in total. The predicted molar refractivity (Wildman–Crippen MR) is 91.4 cm³/mol. The van der Waals surface area contributed by atoms with Crippen molar-refractivity contribution in [2.45, 2.75) is 58.7 Å². The Morgan fingerprint density at radius 3 is 2.43 bits per heavy atom. The van der Waals surface area contributed by atoms with Crippen LogP contribution in [0, 0.1) is 11.8 Å². The maximum Gasteiger partial charge on any atom is 0.0475 e. The highest BCUT2D eigenvalue weighted by Gasteiger charge is 2.35. The molecule has 118 valence electrons. The van der Waals surface area contributed by atoms with Crippen molar-refractivity contribution in [3.63, 3.8) is 0 Å². The highest BCUT2D eigenvalue weighted by molar-refractivity contribution is 5.21. The molecule has 1 saturated heterocycles. The Morgan fingerprint density at radius 2 is 1.86 bits per heavy atom. The van der Waals surface area contributed by atoms with Crippen molar-refractivity contribution in [3.05, 3.63) is 35.9 Å². The summed E-state index contributed by atoms with van der Waals surface area (Å²) < 4.78 is 0. The molecule has 2 heteroatoms. The van der Waals surface area contributed by atoms with Crippen molar-refractivity contribution in [3.8, 4) is 0 Å². The number of rotatable bonds is 5. The summed E-state index contributed by atoms with van der Waals surface area (Å²) in [5.41, 5.74) is 1.41. The molecule has 0 saturated carbocycles. The van der Waals surface area contributed by atoms with Crippen molar-refractivity contribution < 1.29 is 0 Å². The quantitative estimate of drug-likeness (QED) is 0.878. The first kappa shape index (κ1) is 16.5. The maximum atomic E-state index is 3.58. The monoisotopic (exact) mass is 288 g/mol. The average Bonchev–Trinajstić information content (AvgIpc) is 2.49. The van der Waals surface area contributed by atoms with E-state index in [1.807, 2.05) is 0 Å². The first-order chi connectivity index (χ1) is 10.1. The van der Waals surface area contributed by atoms with Gasteiger partial charge >= 0.3 is 0 Å². The third-order valence-electron chi connectivity index (χ3n) is 5.34. The van der Waals surface area contributed by atoms with Gasteiger partial charge in [-0.1, -0.05) is 51.1 Å². The first-order valence-electron chi connectivity index (χ1n) is 8.56. The van der Waals surface area contributed by atoms with E-state index in [4.69, 9.17) is 0 Å². The smallest absolute Gasteiger partial charge is 0.0475 e. The first-order valence-corrected chi connectivity index (χ1v) is 8.56. The number of hydrogen-bond acceptors (Lipinski definition) is 2. The van der Waals surface area contributed by atoms with E-state index in [0.717, 1.165) is 11.8 Å². The summed E-state index contributed by atoms with van der Waals surface area (Å²) in [6.07, 6.45) is 2.55. The number of hydrogen-bond donors (Lipinski definition) is 1. The lowest BCUT2D eigenvalue weighted by Gasteiger charge is -2.47. The van der Waals surface area contributed by atoms with Crippen molar-refractivity contribution in [2.75, 3.05) is 13.6 Å². The summed E-state index contributed by atoms with van der Waals surface area (Å²) in [6.45, 7) is 10.8. The van der Waals surface area contributed by atoms with Crippen LogP contribution in [-0.4, -0.2) is 30.6 Å². The van der Waals surface area contributed by atoms with E-state index in [2.05, 4.69) is 75.3 Å². The highest BCUT2D eigenvalue weighted by atomic mass is 15.2. The fraction of sp³-hybridized carbons (Fsp3) is 0.684. The summed E-state index contributed by atoms with van der Waals surface area (Å²) >= 11 is 0. The summed E-state index contributed by atoms with van der Waals surface area (Å²) in [7, 11) is 2.10. The van der Waals surface area contributed by atoms with Crippen LogP contribution in [0.3, 0.4) is 0 Å². The van der Waals surface area contributed by atoms with Gasteiger partial charge in [0.25, 0.3) is 0 Å². The number of benzene rings is 1. The Bertz CT molecular complexity index is 417. The molecule has 0 spiro atoms. The van der Waals surface area contributed by atoms with Gasteiger partial charge < -0.3 is 5.32 Å². The van der Waals surface area contributed by atoms with Crippen LogP contribution in [0.15, 0.2) is 30.3 Å². The van der Waals surface area contributed by atoms with E-state index < -0.39 is 0 Å². The van der Waals surface area contributed by atoms with E-state index in [1.165, 1.54) is 24.9 Å². The van der Waals surface area contributed by atoms with Crippen LogP contribution in [0.4, 0.5) is 0 Å². The third kappa shape index (κ3) is 3.67. The van der Waals surface area contributed by atoms with Gasteiger partial charge in [-0.05, 0) is 44.2 Å². The lowest BCUT2D eigenvalue weighted by atomic mass is 9.83. The van der Waals surface area contributed by atoms with Gasteiger partial charge in [-0.2, -0.15) is 0 Å². The summed E-state index contributed by atoms with van der Waals surface area (Å²) in [4.78, 5) is 2.76. The van der Waals surface area contributed by atoms with E-state index in [1.54, 1.807) is 0 Å². The zero-order valence-electron chi connectivity index (χ0n) is 14.3. The Morgan fingerprint density at radius 1 is 1.19 bits per heavy atom. The molecule has 2 rings (SSSR count). The number of likely N-dealkylation sites (tertiary alicyclic amines) is 1. The SMILES string of the molecule is CCC(C(NC)c1ccccc1)N1CC(C)CC(C)C1C. The molecule has 0 bridgehead atoms. The van der Waals surface area contributed by atoms with Gasteiger partial charge in [0.15, 0.2) is 0 Å². The minimum Gasteiger partial charge on any atom is -0.312 e. The second kappa shape index (κ2) is 7.42. The van der Waals surface area contributed by atoms with Crippen LogP contribution in [0.1, 0.15) is 52.1 Å². The molecule has 1 aromatic rings. The molecule has 0 radical (unpaired) electrons. The zero-order chi connectivity index (χ0) is 15.4. The molecule has 5 unspecified atom stereocenters. The number of nitrogens with zero attached hydrogens (tertiary/aromatic N) is 1. The molecule has 1 aromatic carbocycles. The average molecular weight is 288 g/mol. The van der Waals surface area contributed by atoms with E-state index in [0.29, 0.717) is 18.1 Å². The molecule has 0 amide bonds. The van der Waals surface area contributed by atoms with Crippen molar-refractivity contribution in [1.29, 1.82) is 0 Å². The van der Waals surface area contributed by atoms with Gasteiger partial charge in [0, 0.05) is 24.7 Å². The molecule has 21 heavy (non-hydrogen) atoms. The predicted octanol–water partition coefficient (Wildman–Crippen LogP) is 4.09. The normalized spacial score (nSPS) is 30.0. The minimum absolute atomic E-state index is 0.413. The largest absolute Gasteiger partial charge is 0.312 e. The third-order valence-corrected chi connectivity index (χ3v) is 5.34. The lowest BCUT2D eigenvalue weighted by Crippen LogP contribution is -2.54. The molecule has 1 aliphatic heterocycles. The van der Waals surface area contributed by atoms with Crippen LogP contribution in [-0.2, 0) is 0 Å². The number of piperidine rings is 1. The number of nitrogens with one attached hydrogen (secondary N) is 1. The molecular weight excluding hydrogens is 256 g/mol. The fourth-order valence-corrected chi connectivity index (χ4v) is 4.10. The second-order valence-electron chi connectivity index (χ2n) is 6.91. The Labute approximate surface area is 130 Å². The molecule has 1 N–H and O–H groups in total. The van der Waals surface area contributed by atoms with Crippen LogP contribution < -0.4 is 5.32 Å². The van der Waals surface area contributed by atoms with Crippen LogP contribution in [0.25, 0.3) is 0 Å².